The Morgan fingerprint density at radius 3 is 2.38 bits per heavy atom. The summed E-state index contributed by atoms with van der Waals surface area (Å²) >= 11 is 0. The van der Waals surface area contributed by atoms with Gasteiger partial charge in [-0.15, -0.1) is 0 Å². The number of aliphatic hydroxyl groups is 1. The summed E-state index contributed by atoms with van der Waals surface area (Å²) in [6.45, 7) is 12.2. The monoisotopic (exact) mass is 224 g/mol. The Balaban J connectivity index is 3.72. The third-order valence-electron chi connectivity index (χ3n) is 2.89. The molecule has 1 heteroatoms. The van der Waals surface area contributed by atoms with Crippen molar-refractivity contribution in [3.63, 3.8) is 0 Å². The van der Waals surface area contributed by atoms with Crippen molar-refractivity contribution in [3.8, 4) is 0 Å². The van der Waals surface area contributed by atoms with Crippen LogP contribution in [0.3, 0.4) is 0 Å². The van der Waals surface area contributed by atoms with E-state index in [2.05, 4.69) is 33.4 Å². The van der Waals surface area contributed by atoms with E-state index in [1.807, 2.05) is 6.08 Å². The van der Waals surface area contributed by atoms with Crippen molar-refractivity contribution in [1.82, 2.24) is 0 Å². The first-order valence-corrected chi connectivity index (χ1v) is 6.41. The van der Waals surface area contributed by atoms with E-state index in [0.717, 1.165) is 12.3 Å². The lowest BCUT2D eigenvalue weighted by atomic mass is 9.96. The van der Waals surface area contributed by atoms with Crippen LogP contribution in [0.1, 0.15) is 53.4 Å². The summed E-state index contributed by atoms with van der Waals surface area (Å²) in [5.74, 6) is 1.51. The largest absolute Gasteiger partial charge is 0.382 e. The van der Waals surface area contributed by atoms with Crippen molar-refractivity contribution < 1.29 is 5.11 Å². The lowest BCUT2D eigenvalue weighted by Gasteiger charge is -2.13. The average Bonchev–Trinajstić information content (AvgIpc) is 2.17. The van der Waals surface area contributed by atoms with Crippen LogP contribution >= 0.6 is 0 Å². The van der Waals surface area contributed by atoms with E-state index in [1.54, 1.807) is 13.0 Å². The fourth-order valence-electron chi connectivity index (χ4n) is 1.60. The van der Waals surface area contributed by atoms with Gasteiger partial charge in [0.15, 0.2) is 0 Å². The first-order valence-electron chi connectivity index (χ1n) is 6.41. The summed E-state index contributed by atoms with van der Waals surface area (Å²) in [5, 5.41) is 9.68. The summed E-state index contributed by atoms with van der Waals surface area (Å²) in [4.78, 5) is 0. The zero-order valence-electron chi connectivity index (χ0n) is 11.4. The predicted octanol–water partition coefficient (Wildman–Crippen LogP) is 4.33. The van der Waals surface area contributed by atoms with Crippen LogP contribution in [-0.2, 0) is 0 Å². The maximum absolute atomic E-state index is 9.68. The molecule has 0 aliphatic rings. The highest BCUT2D eigenvalue weighted by Gasteiger charge is 2.09. The molecule has 0 aromatic rings. The van der Waals surface area contributed by atoms with Gasteiger partial charge in [0.25, 0.3) is 0 Å². The fourth-order valence-corrected chi connectivity index (χ4v) is 1.60. The topological polar surface area (TPSA) is 20.2 Å². The Morgan fingerprint density at radius 1 is 1.25 bits per heavy atom. The van der Waals surface area contributed by atoms with Crippen LogP contribution in [0.4, 0.5) is 0 Å². The molecule has 2 atom stereocenters. The van der Waals surface area contributed by atoms with E-state index >= 15 is 0 Å². The highest BCUT2D eigenvalue weighted by atomic mass is 16.3. The maximum Gasteiger partial charge on any atom is 0.0977 e. The second-order valence-electron chi connectivity index (χ2n) is 5.50. The first-order chi connectivity index (χ1) is 7.37. The SMILES string of the molecule is C=CC(C)(O)/C=C/CC(C)CCCC(C)C. The molecule has 0 heterocycles. The Kier molecular flexibility index (Phi) is 7.40. The normalized spacial score (nSPS) is 17.6. The van der Waals surface area contributed by atoms with Crippen LogP contribution in [0, 0.1) is 11.8 Å². The third-order valence-corrected chi connectivity index (χ3v) is 2.89. The van der Waals surface area contributed by atoms with E-state index in [1.165, 1.54) is 19.3 Å². The Hall–Kier alpha value is -0.560. The minimum Gasteiger partial charge on any atom is -0.382 e. The molecule has 0 spiro atoms. The van der Waals surface area contributed by atoms with E-state index in [0.29, 0.717) is 5.92 Å². The molecule has 0 saturated heterocycles. The van der Waals surface area contributed by atoms with Gasteiger partial charge in [-0.2, -0.15) is 0 Å². The minimum atomic E-state index is -0.850. The molecule has 1 N–H and O–H groups in total. The van der Waals surface area contributed by atoms with Crippen LogP contribution in [0.5, 0.6) is 0 Å². The molecule has 0 bridgehead atoms. The Morgan fingerprint density at radius 2 is 1.88 bits per heavy atom. The molecule has 0 rings (SSSR count). The van der Waals surface area contributed by atoms with Gasteiger partial charge in [0, 0.05) is 0 Å². The average molecular weight is 224 g/mol. The number of hydrogen-bond acceptors (Lipinski definition) is 1. The van der Waals surface area contributed by atoms with Crippen LogP contribution in [0.15, 0.2) is 24.8 Å². The molecule has 0 aromatic carbocycles. The molecule has 0 fully saturated rings. The van der Waals surface area contributed by atoms with Crippen molar-refractivity contribution in [2.75, 3.05) is 0 Å². The molecule has 16 heavy (non-hydrogen) atoms. The zero-order chi connectivity index (χ0) is 12.6. The molecule has 0 saturated carbocycles. The minimum absolute atomic E-state index is 0.704. The Bertz CT molecular complexity index is 213. The molecular formula is C15H28O. The third kappa shape index (κ3) is 8.72. The van der Waals surface area contributed by atoms with Gasteiger partial charge < -0.3 is 5.11 Å². The maximum atomic E-state index is 9.68. The standard InChI is InChI=1S/C15H28O/c1-6-15(5,16)12-8-11-14(4)10-7-9-13(2)3/h6,8,12-14,16H,1,7,9-11H2,2-5H3/b12-8+. The van der Waals surface area contributed by atoms with Gasteiger partial charge in [-0.3, -0.25) is 0 Å². The van der Waals surface area contributed by atoms with Gasteiger partial charge in [0.1, 0.15) is 0 Å². The summed E-state index contributed by atoms with van der Waals surface area (Å²) in [5.41, 5.74) is -0.850. The molecule has 0 radical (unpaired) electrons. The molecule has 0 amide bonds. The first kappa shape index (κ1) is 15.4. The lowest BCUT2D eigenvalue weighted by Crippen LogP contribution is -2.15. The zero-order valence-corrected chi connectivity index (χ0v) is 11.4. The van der Waals surface area contributed by atoms with Gasteiger partial charge in [-0.1, -0.05) is 64.8 Å². The second kappa shape index (κ2) is 7.67. The van der Waals surface area contributed by atoms with Gasteiger partial charge in [0.2, 0.25) is 0 Å². The molecule has 0 aliphatic heterocycles. The van der Waals surface area contributed by atoms with E-state index in [4.69, 9.17) is 0 Å². The highest BCUT2D eigenvalue weighted by Crippen LogP contribution is 2.16. The molecule has 2 unspecified atom stereocenters. The van der Waals surface area contributed by atoms with Gasteiger partial charge in [-0.05, 0) is 25.2 Å². The molecule has 1 nitrogen and oxygen atoms in total. The quantitative estimate of drug-likeness (QED) is 0.608. The summed E-state index contributed by atoms with van der Waals surface area (Å²) in [6.07, 6.45) is 10.4. The summed E-state index contributed by atoms with van der Waals surface area (Å²) in [6, 6.07) is 0. The van der Waals surface area contributed by atoms with Crippen molar-refractivity contribution in [1.29, 1.82) is 0 Å². The lowest BCUT2D eigenvalue weighted by molar-refractivity contribution is 0.164. The van der Waals surface area contributed by atoms with E-state index < -0.39 is 5.60 Å². The van der Waals surface area contributed by atoms with Crippen LogP contribution in [0.25, 0.3) is 0 Å². The van der Waals surface area contributed by atoms with E-state index in [9.17, 15) is 5.11 Å². The molecule has 0 aromatic heterocycles. The van der Waals surface area contributed by atoms with Crippen LogP contribution in [0.2, 0.25) is 0 Å². The number of allylic oxidation sites excluding steroid dienone is 1. The van der Waals surface area contributed by atoms with Gasteiger partial charge >= 0.3 is 0 Å². The smallest absolute Gasteiger partial charge is 0.0977 e. The summed E-state index contributed by atoms with van der Waals surface area (Å²) in [7, 11) is 0. The predicted molar refractivity (Wildman–Crippen MR) is 72.4 cm³/mol. The second-order valence-corrected chi connectivity index (χ2v) is 5.50. The molecule has 0 aliphatic carbocycles. The van der Waals surface area contributed by atoms with Gasteiger partial charge in [-0.25, -0.2) is 0 Å². The van der Waals surface area contributed by atoms with Crippen molar-refractivity contribution in [3.05, 3.63) is 24.8 Å². The number of hydrogen-bond donors (Lipinski definition) is 1. The van der Waals surface area contributed by atoms with Crippen molar-refractivity contribution in [2.24, 2.45) is 11.8 Å². The Labute approximate surface area is 101 Å². The summed E-state index contributed by atoms with van der Waals surface area (Å²) < 4.78 is 0. The van der Waals surface area contributed by atoms with Gasteiger partial charge in [0.05, 0.1) is 5.60 Å². The molecule has 94 valence electrons. The highest BCUT2D eigenvalue weighted by molar-refractivity contribution is 5.08. The van der Waals surface area contributed by atoms with Crippen molar-refractivity contribution >= 4 is 0 Å². The van der Waals surface area contributed by atoms with E-state index in [-0.39, 0.29) is 0 Å². The molecular weight excluding hydrogens is 196 g/mol. The number of rotatable bonds is 8. The van der Waals surface area contributed by atoms with Crippen LogP contribution in [-0.4, -0.2) is 10.7 Å². The fraction of sp³-hybridized carbons (Fsp3) is 0.733. The van der Waals surface area contributed by atoms with Crippen molar-refractivity contribution in [2.45, 2.75) is 59.0 Å². The van der Waals surface area contributed by atoms with Crippen LogP contribution < -0.4 is 0 Å².